The second-order valence-electron chi connectivity index (χ2n) is 4.41. The lowest BCUT2D eigenvalue weighted by molar-refractivity contribution is 1.12. The van der Waals surface area contributed by atoms with Crippen LogP contribution in [-0.4, -0.2) is 0 Å². The van der Waals surface area contributed by atoms with Crippen molar-refractivity contribution in [2.75, 3.05) is 0 Å². The fourth-order valence-corrected chi connectivity index (χ4v) is 1.54. The maximum atomic E-state index is 2.28. The minimum atomic E-state index is 1.04. The van der Waals surface area contributed by atoms with Gasteiger partial charge in [-0.2, -0.15) is 0 Å². The van der Waals surface area contributed by atoms with Gasteiger partial charge in [-0.15, -0.1) is 0 Å². The molecule has 0 aliphatic carbocycles. The molecule has 80 valence electrons. The topological polar surface area (TPSA) is 0 Å². The van der Waals surface area contributed by atoms with Crippen molar-refractivity contribution in [3.8, 4) is 0 Å². The first-order valence-electron chi connectivity index (χ1n) is 5.45. The quantitative estimate of drug-likeness (QED) is 0.629. The summed E-state index contributed by atoms with van der Waals surface area (Å²) in [5.41, 5.74) is 5.58. The van der Waals surface area contributed by atoms with Crippen LogP contribution in [0.3, 0.4) is 0 Å². The molecule has 0 amide bonds. The molecule has 1 aromatic rings. The van der Waals surface area contributed by atoms with Crippen LogP contribution in [0.5, 0.6) is 0 Å². The number of allylic oxidation sites excluding steroid dienone is 4. The maximum absolute atomic E-state index is 2.28. The first-order valence-corrected chi connectivity index (χ1v) is 5.45. The molecule has 0 aliphatic rings. The van der Waals surface area contributed by atoms with Crippen LogP contribution < -0.4 is 0 Å². The van der Waals surface area contributed by atoms with Gasteiger partial charge in [-0.1, -0.05) is 47.6 Å². The fourth-order valence-electron chi connectivity index (χ4n) is 1.54. The molecule has 0 heteroatoms. The zero-order valence-corrected chi connectivity index (χ0v) is 10.2. The Morgan fingerprint density at radius 1 is 1.00 bits per heavy atom. The summed E-state index contributed by atoms with van der Waals surface area (Å²) in [5, 5.41) is 0. The highest BCUT2D eigenvalue weighted by Gasteiger charge is 1.98. The Kier molecular flexibility index (Phi) is 4.36. The van der Waals surface area contributed by atoms with E-state index in [1.165, 1.54) is 22.3 Å². The molecule has 1 rings (SSSR count). The standard InChI is InChI=1S/C15H20/c1-12(2)10-15(13(3)4)11-14-8-6-5-7-9-14/h5-10H,11H2,1-4H3. The van der Waals surface area contributed by atoms with Gasteiger partial charge in [0.05, 0.1) is 0 Å². The predicted octanol–water partition coefficient (Wildman–Crippen LogP) is 4.53. The van der Waals surface area contributed by atoms with Crippen LogP contribution in [0, 0.1) is 0 Å². The normalized spacial score (nSPS) is 9.60. The molecule has 0 bridgehead atoms. The van der Waals surface area contributed by atoms with Gasteiger partial charge < -0.3 is 0 Å². The van der Waals surface area contributed by atoms with Gasteiger partial charge in [0, 0.05) is 0 Å². The molecular formula is C15H20. The molecule has 0 unspecified atom stereocenters. The van der Waals surface area contributed by atoms with Gasteiger partial charge in [0.25, 0.3) is 0 Å². The molecule has 15 heavy (non-hydrogen) atoms. The first kappa shape index (κ1) is 11.8. The molecule has 0 N–H and O–H groups in total. The number of hydrogen-bond acceptors (Lipinski definition) is 0. The molecule has 0 saturated heterocycles. The van der Waals surface area contributed by atoms with Crippen LogP contribution in [0.4, 0.5) is 0 Å². The van der Waals surface area contributed by atoms with E-state index in [4.69, 9.17) is 0 Å². The van der Waals surface area contributed by atoms with Crippen molar-refractivity contribution in [1.29, 1.82) is 0 Å². The first-order chi connectivity index (χ1) is 7.09. The van der Waals surface area contributed by atoms with E-state index in [0.29, 0.717) is 0 Å². The van der Waals surface area contributed by atoms with Crippen LogP contribution in [0.15, 0.2) is 53.1 Å². The molecule has 0 aromatic heterocycles. The van der Waals surface area contributed by atoms with E-state index in [9.17, 15) is 0 Å². The second-order valence-corrected chi connectivity index (χ2v) is 4.41. The monoisotopic (exact) mass is 200 g/mol. The number of hydrogen-bond donors (Lipinski definition) is 0. The lowest BCUT2D eigenvalue weighted by atomic mass is 10.00. The van der Waals surface area contributed by atoms with E-state index in [-0.39, 0.29) is 0 Å². The highest BCUT2D eigenvalue weighted by Crippen LogP contribution is 2.14. The third-order valence-corrected chi connectivity index (χ3v) is 2.34. The van der Waals surface area contributed by atoms with Gasteiger partial charge in [0.2, 0.25) is 0 Å². The summed E-state index contributed by atoms with van der Waals surface area (Å²) in [6.45, 7) is 8.65. The highest BCUT2D eigenvalue weighted by atomic mass is 14.0. The molecular weight excluding hydrogens is 180 g/mol. The Hall–Kier alpha value is -1.30. The molecule has 0 heterocycles. The lowest BCUT2D eigenvalue weighted by Crippen LogP contribution is -1.90. The lowest BCUT2D eigenvalue weighted by Gasteiger charge is -2.06. The van der Waals surface area contributed by atoms with Crippen molar-refractivity contribution < 1.29 is 0 Å². The summed E-state index contributed by atoms with van der Waals surface area (Å²) in [6.07, 6.45) is 3.32. The summed E-state index contributed by atoms with van der Waals surface area (Å²) in [5.74, 6) is 0. The Balaban J connectivity index is 2.88. The van der Waals surface area contributed by atoms with E-state index in [0.717, 1.165) is 6.42 Å². The Morgan fingerprint density at radius 3 is 2.07 bits per heavy atom. The van der Waals surface area contributed by atoms with E-state index in [2.05, 4.69) is 64.1 Å². The van der Waals surface area contributed by atoms with Gasteiger partial charge >= 0.3 is 0 Å². The summed E-state index contributed by atoms with van der Waals surface area (Å²) < 4.78 is 0. The molecule has 0 aliphatic heterocycles. The van der Waals surface area contributed by atoms with Gasteiger partial charge in [0.1, 0.15) is 0 Å². The average molecular weight is 200 g/mol. The van der Waals surface area contributed by atoms with Crippen molar-refractivity contribution in [1.82, 2.24) is 0 Å². The van der Waals surface area contributed by atoms with Crippen molar-refractivity contribution in [2.45, 2.75) is 34.1 Å². The van der Waals surface area contributed by atoms with Gasteiger partial charge in [0.15, 0.2) is 0 Å². The minimum Gasteiger partial charge on any atom is -0.0762 e. The highest BCUT2D eigenvalue weighted by molar-refractivity contribution is 5.32. The van der Waals surface area contributed by atoms with E-state index in [1.54, 1.807) is 0 Å². The summed E-state index contributed by atoms with van der Waals surface area (Å²) in [6, 6.07) is 10.6. The summed E-state index contributed by atoms with van der Waals surface area (Å²) >= 11 is 0. The fraction of sp³-hybridized carbons (Fsp3) is 0.333. The molecule has 0 fully saturated rings. The molecule has 0 atom stereocenters. The van der Waals surface area contributed by atoms with Crippen LogP contribution in [0.2, 0.25) is 0 Å². The summed E-state index contributed by atoms with van der Waals surface area (Å²) in [4.78, 5) is 0. The van der Waals surface area contributed by atoms with E-state index in [1.807, 2.05) is 0 Å². The minimum absolute atomic E-state index is 1.04. The van der Waals surface area contributed by atoms with Crippen LogP contribution in [-0.2, 0) is 6.42 Å². The smallest absolute Gasteiger partial charge is 0.00265 e. The van der Waals surface area contributed by atoms with Crippen molar-refractivity contribution in [3.63, 3.8) is 0 Å². The van der Waals surface area contributed by atoms with Crippen LogP contribution >= 0.6 is 0 Å². The molecule has 0 radical (unpaired) electrons. The molecule has 0 saturated carbocycles. The van der Waals surface area contributed by atoms with E-state index >= 15 is 0 Å². The zero-order valence-electron chi connectivity index (χ0n) is 10.2. The van der Waals surface area contributed by atoms with Crippen LogP contribution in [0.1, 0.15) is 33.3 Å². The van der Waals surface area contributed by atoms with Crippen molar-refractivity contribution in [3.05, 3.63) is 58.7 Å². The van der Waals surface area contributed by atoms with Gasteiger partial charge in [-0.05, 0) is 45.3 Å². The van der Waals surface area contributed by atoms with E-state index < -0.39 is 0 Å². The summed E-state index contributed by atoms with van der Waals surface area (Å²) in [7, 11) is 0. The Morgan fingerprint density at radius 2 is 1.60 bits per heavy atom. The Bertz CT molecular complexity index is 358. The SMILES string of the molecule is CC(C)=CC(Cc1ccccc1)=C(C)C. The van der Waals surface area contributed by atoms with Crippen molar-refractivity contribution >= 4 is 0 Å². The maximum Gasteiger partial charge on any atom is -0.00265 e. The number of rotatable bonds is 3. The van der Waals surface area contributed by atoms with Crippen LogP contribution in [0.25, 0.3) is 0 Å². The van der Waals surface area contributed by atoms with Gasteiger partial charge in [-0.3, -0.25) is 0 Å². The predicted molar refractivity (Wildman–Crippen MR) is 68.0 cm³/mol. The number of benzene rings is 1. The Labute approximate surface area is 93.3 Å². The largest absolute Gasteiger partial charge is 0.0762 e. The molecule has 0 nitrogen and oxygen atoms in total. The molecule has 1 aromatic carbocycles. The van der Waals surface area contributed by atoms with Gasteiger partial charge in [-0.25, -0.2) is 0 Å². The molecule has 0 spiro atoms. The van der Waals surface area contributed by atoms with Crippen molar-refractivity contribution in [2.24, 2.45) is 0 Å². The third kappa shape index (κ3) is 4.16. The third-order valence-electron chi connectivity index (χ3n) is 2.34. The zero-order chi connectivity index (χ0) is 11.3. The average Bonchev–Trinajstić information content (AvgIpc) is 2.17. The second kappa shape index (κ2) is 5.55.